The molecular formula is C29H34N2O10. The van der Waals surface area contributed by atoms with E-state index < -0.39 is 42.0 Å². The van der Waals surface area contributed by atoms with Crippen molar-refractivity contribution >= 4 is 28.8 Å². The smallest absolute Gasteiger partial charge is 0.336 e. The van der Waals surface area contributed by atoms with Gasteiger partial charge in [-0.15, -0.1) is 0 Å². The van der Waals surface area contributed by atoms with Crippen molar-refractivity contribution < 1.29 is 49.4 Å². The maximum absolute atomic E-state index is 11.2. The Hall–Kier alpha value is -4.26. The number of pyridine rings is 1. The highest BCUT2D eigenvalue weighted by Crippen LogP contribution is 2.38. The van der Waals surface area contributed by atoms with Gasteiger partial charge in [-0.2, -0.15) is 0 Å². The lowest BCUT2D eigenvalue weighted by Gasteiger charge is -2.39. The standard InChI is InChI=1S/C23H26N2O3.C6H8O7/c1-27-19-9-10-21-17(15-19)7-8-18(24-21)16-25-13-11-23(26,12-14-25)20-5-3-4-6-22(20)28-2;7-3(8)1-6(13,5(11)12)2-4(9)10/h3-10,15,26H,11-14,16H2,1-2H3;13H,1-2H2,(H,7,8)(H,9,10)(H,11,12). The molecule has 0 saturated carbocycles. The van der Waals surface area contributed by atoms with Gasteiger partial charge in [0.05, 0.1) is 43.9 Å². The lowest BCUT2D eigenvalue weighted by Crippen LogP contribution is -2.42. The molecule has 0 spiro atoms. The fraction of sp³-hybridized carbons (Fsp3) is 0.379. The van der Waals surface area contributed by atoms with Gasteiger partial charge in [-0.1, -0.05) is 24.3 Å². The van der Waals surface area contributed by atoms with Crippen molar-refractivity contribution in [3.05, 3.63) is 65.9 Å². The van der Waals surface area contributed by atoms with Crippen molar-refractivity contribution in [2.45, 2.75) is 43.4 Å². The summed E-state index contributed by atoms with van der Waals surface area (Å²) in [4.78, 5) is 37.6. The molecule has 4 rings (SSSR count). The zero-order valence-electron chi connectivity index (χ0n) is 22.8. The number of para-hydroxylation sites is 1. The molecule has 0 radical (unpaired) electrons. The summed E-state index contributed by atoms with van der Waals surface area (Å²) in [5.74, 6) is -3.42. The minimum absolute atomic E-state index is 0.679. The van der Waals surface area contributed by atoms with Gasteiger partial charge in [0.1, 0.15) is 11.5 Å². The summed E-state index contributed by atoms with van der Waals surface area (Å²) >= 11 is 0. The molecule has 3 aromatic rings. The zero-order chi connectivity index (χ0) is 30.2. The molecule has 0 atom stereocenters. The quantitative estimate of drug-likeness (QED) is 0.240. The van der Waals surface area contributed by atoms with Crippen LogP contribution in [-0.2, 0) is 26.5 Å². The number of carbonyl (C=O) groups is 3. The third-order valence-electron chi connectivity index (χ3n) is 6.92. The number of hydrogen-bond donors (Lipinski definition) is 5. The van der Waals surface area contributed by atoms with Crippen LogP contribution in [0.25, 0.3) is 10.9 Å². The van der Waals surface area contributed by atoms with Gasteiger partial charge >= 0.3 is 17.9 Å². The summed E-state index contributed by atoms with van der Waals surface area (Å²) in [5, 5.41) is 46.1. The molecule has 0 aliphatic carbocycles. The first-order valence-electron chi connectivity index (χ1n) is 12.8. The number of nitrogens with zero attached hydrogens (tertiary/aromatic N) is 2. The van der Waals surface area contributed by atoms with E-state index in [4.69, 9.17) is 34.9 Å². The molecule has 0 unspecified atom stereocenters. The van der Waals surface area contributed by atoms with Crippen LogP contribution in [0.15, 0.2) is 54.6 Å². The van der Waals surface area contributed by atoms with Crippen LogP contribution in [0.2, 0.25) is 0 Å². The summed E-state index contributed by atoms with van der Waals surface area (Å²) in [6.45, 7) is 2.41. The van der Waals surface area contributed by atoms with E-state index in [-0.39, 0.29) is 0 Å². The first kappa shape index (κ1) is 31.3. The Morgan fingerprint density at radius 2 is 1.56 bits per heavy atom. The van der Waals surface area contributed by atoms with E-state index in [0.717, 1.165) is 53.3 Å². The molecule has 220 valence electrons. The summed E-state index contributed by atoms with van der Waals surface area (Å²) in [5.41, 5.74) is -0.676. The number of rotatable bonds is 10. The number of aliphatic carboxylic acids is 3. The number of carboxylic acids is 3. The number of likely N-dealkylation sites (tertiary alicyclic amines) is 1. The van der Waals surface area contributed by atoms with E-state index in [1.807, 2.05) is 42.5 Å². The van der Waals surface area contributed by atoms with Gasteiger partial charge < -0.3 is 35.0 Å². The van der Waals surface area contributed by atoms with Crippen molar-refractivity contribution in [3.8, 4) is 11.5 Å². The molecule has 1 aliphatic rings. The maximum Gasteiger partial charge on any atom is 0.336 e. The number of benzene rings is 2. The van der Waals surface area contributed by atoms with E-state index in [0.29, 0.717) is 12.8 Å². The normalized spacial score (nSPS) is 14.9. The second-order valence-electron chi connectivity index (χ2n) is 9.85. The molecule has 1 aromatic heterocycles. The topological polar surface area (TPSA) is 187 Å². The van der Waals surface area contributed by atoms with Gasteiger partial charge in [-0.25, -0.2) is 4.79 Å². The van der Waals surface area contributed by atoms with Crippen LogP contribution in [-0.4, -0.2) is 86.2 Å². The fourth-order valence-electron chi connectivity index (χ4n) is 4.68. The van der Waals surface area contributed by atoms with E-state index in [1.165, 1.54) is 0 Å². The molecule has 12 heteroatoms. The number of ether oxygens (including phenoxy) is 2. The van der Waals surface area contributed by atoms with Crippen molar-refractivity contribution in [2.75, 3.05) is 27.3 Å². The summed E-state index contributed by atoms with van der Waals surface area (Å²) in [6.07, 6.45) is -0.931. The van der Waals surface area contributed by atoms with Gasteiger partial charge in [-0.3, -0.25) is 19.5 Å². The molecule has 1 saturated heterocycles. The largest absolute Gasteiger partial charge is 0.497 e. The Bertz CT molecular complexity index is 1370. The third-order valence-corrected chi connectivity index (χ3v) is 6.92. The predicted molar refractivity (Wildman–Crippen MR) is 147 cm³/mol. The van der Waals surface area contributed by atoms with E-state index in [1.54, 1.807) is 14.2 Å². The van der Waals surface area contributed by atoms with Gasteiger partial charge in [-0.05, 0) is 43.2 Å². The van der Waals surface area contributed by atoms with Crippen molar-refractivity contribution in [1.29, 1.82) is 0 Å². The van der Waals surface area contributed by atoms with Crippen LogP contribution >= 0.6 is 0 Å². The molecule has 1 aliphatic heterocycles. The summed E-state index contributed by atoms with van der Waals surface area (Å²) in [6, 6.07) is 17.9. The monoisotopic (exact) mass is 570 g/mol. The number of aromatic nitrogens is 1. The van der Waals surface area contributed by atoms with Crippen LogP contribution < -0.4 is 9.47 Å². The second kappa shape index (κ2) is 13.4. The molecule has 41 heavy (non-hydrogen) atoms. The molecule has 5 N–H and O–H groups in total. The highest BCUT2D eigenvalue weighted by molar-refractivity contribution is 5.88. The first-order valence-corrected chi connectivity index (χ1v) is 12.8. The minimum atomic E-state index is -2.74. The van der Waals surface area contributed by atoms with Crippen LogP contribution in [0.4, 0.5) is 0 Å². The number of fused-ring (bicyclic) bond motifs is 1. The first-order chi connectivity index (χ1) is 19.4. The second-order valence-corrected chi connectivity index (χ2v) is 9.85. The number of aliphatic hydroxyl groups is 2. The maximum atomic E-state index is 11.2. The Labute approximate surface area is 236 Å². The number of methoxy groups -OCH3 is 2. The van der Waals surface area contributed by atoms with Gasteiger partial charge in [0.25, 0.3) is 0 Å². The van der Waals surface area contributed by atoms with E-state index >= 15 is 0 Å². The van der Waals surface area contributed by atoms with Crippen LogP contribution in [0.5, 0.6) is 11.5 Å². The molecular weight excluding hydrogens is 536 g/mol. The van der Waals surface area contributed by atoms with E-state index in [2.05, 4.69) is 17.0 Å². The lowest BCUT2D eigenvalue weighted by atomic mass is 9.84. The minimum Gasteiger partial charge on any atom is -0.497 e. The van der Waals surface area contributed by atoms with Crippen molar-refractivity contribution in [3.63, 3.8) is 0 Å². The fourth-order valence-corrected chi connectivity index (χ4v) is 4.68. The van der Waals surface area contributed by atoms with E-state index in [9.17, 15) is 19.5 Å². The highest BCUT2D eigenvalue weighted by Gasteiger charge is 2.41. The van der Waals surface area contributed by atoms with Gasteiger partial charge in [0, 0.05) is 30.6 Å². The van der Waals surface area contributed by atoms with Gasteiger partial charge in [0.2, 0.25) is 0 Å². The third kappa shape index (κ3) is 8.13. The van der Waals surface area contributed by atoms with Crippen LogP contribution in [0, 0.1) is 0 Å². The SMILES string of the molecule is COc1ccc2nc(CN3CCC(O)(c4ccccc4OC)CC3)ccc2c1.O=C(O)CC(O)(CC(=O)O)C(=O)O. The van der Waals surface area contributed by atoms with Crippen LogP contribution in [0.3, 0.4) is 0 Å². The number of carboxylic acid groups (broad SMARTS) is 3. The Morgan fingerprint density at radius 1 is 0.927 bits per heavy atom. The Kier molecular flexibility index (Phi) is 10.2. The number of piperidine rings is 1. The number of hydrogen-bond acceptors (Lipinski definition) is 9. The highest BCUT2D eigenvalue weighted by atomic mass is 16.5. The van der Waals surface area contributed by atoms with Crippen molar-refractivity contribution in [1.82, 2.24) is 9.88 Å². The molecule has 0 bridgehead atoms. The van der Waals surface area contributed by atoms with Crippen molar-refractivity contribution in [2.24, 2.45) is 0 Å². The predicted octanol–water partition coefficient (Wildman–Crippen LogP) is 2.49. The average molecular weight is 571 g/mol. The molecule has 2 heterocycles. The summed E-state index contributed by atoms with van der Waals surface area (Å²) in [7, 11) is 3.32. The van der Waals surface area contributed by atoms with Crippen LogP contribution in [0.1, 0.15) is 36.9 Å². The molecule has 0 amide bonds. The molecule has 2 aromatic carbocycles. The molecule has 1 fully saturated rings. The zero-order valence-corrected chi connectivity index (χ0v) is 22.8. The Balaban J connectivity index is 0.000000302. The molecule has 12 nitrogen and oxygen atoms in total. The summed E-state index contributed by atoms with van der Waals surface area (Å²) < 4.78 is 10.7. The Morgan fingerprint density at radius 3 is 2.12 bits per heavy atom. The lowest BCUT2D eigenvalue weighted by molar-refractivity contribution is -0.170. The van der Waals surface area contributed by atoms with Gasteiger partial charge in [0.15, 0.2) is 5.60 Å². The average Bonchev–Trinajstić information content (AvgIpc) is 2.93.